The molecule has 80 heavy (non-hydrogen) atoms. The first-order chi connectivity index (χ1) is 39.5. The van der Waals surface area contributed by atoms with E-state index < -0.39 is 6.10 Å². The van der Waals surface area contributed by atoms with Crippen LogP contribution in [0.25, 0.3) is 0 Å². The van der Waals surface area contributed by atoms with Crippen molar-refractivity contribution in [1.82, 2.24) is 0 Å². The third kappa shape index (κ3) is 65.7. The van der Waals surface area contributed by atoms with Crippen molar-refractivity contribution in [3.8, 4) is 0 Å². The number of hydrogen-bond donors (Lipinski definition) is 0. The van der Waals surface area contributed by atoms with E-state index in [-0.39, 0.29) is 37.5 Å². The molecule has 0 N–H and O–H groups in total. The second-order valence-corrected chi connectivity index (χ2v) is 23.4. The Morgan fingerprint density at radius 2 is 0.487 bits per heavy atom. The summed E-state index contributed by atoms with van der Waals surface area (Å²) in [6, 6.07) is 0. The Labute approximate surface area is 497 Å². The van der Waals surface area contributed by atoms with Crippen molar-refractivity contribution in [3.05, 3.63) is 72.9 Å². The van der Waals surface area contributed by atoms with Gasteiger partial charge in [-0.25, -0.2) is 0 Å². The smallest absolute Gasteiger partial charge is 0.306 e. The molecule has 1 unspecified atom stereocenters. The van der Waals surface area contributed by atoms with Gasteiger partial charge in [-0.3, -0.25) is 14.4 Å². The Kier molecular flexibility index (Phi) is 65.7. The van der Waals surface area contributed by atoms with Crippen molar-refractivity contribution >= 4 is 17.9 Å². The summed E-state index contributed by atoms with van der Waals surface area (Å²) in [6.45, 7) is 6.56. The normalized spacial score (nSPS) is 12.5. The minimum absolute atomic E-state index is 0.0883. The zero-order chi connectivity index (χ0) is 57.8. The van der Waals surface area contributed by atoms with Crippen molar-refractivity contribution in [2.24, 2.45) is 0 Å². The fourth-order valence-electron chi connectivity index (χ4n) is 10.3. The lowest BCUT2D eigenvalue weighted by Crippen LogP contribution is -2.30. The number of rotatable bonds is 64. The first-order valence-electron chi connectivity index (χ1n) is 34.9. The van der Waals surface area contributed by atoms with E-state index >= 15 is 0 Å². The van der Waals surface area contributed by atoms with Gasteiger partial charge >= 0.3 is 17.9 Å². The number of esters is 3. The molecule has 0 aliphatic heterocycles. The van der Waals surface area contributed by atoms with Crippen LogP contribution in [0.1, 0.15) is 361 Å². The zero-order valence-corrected chi connectivity index (χ0v) is 53.3. The topological polar surface area (TPSA) is 78.9 Å². The quantitative estimate of drug-likeness (QED) is 0.0261. The number of unbranched alkanes of at least 4 members (excludes halogenated alkanes) is 41. The van der Waals surface area contributed by atoms with Gasteiger partial charge in [-0.05, 0) is 70.6 Å². The molecule has 0 bridgehead atoms. The Morgan fingerprint density at radius 1 is 0.263 bits per heavy atom. The lowest BCUT2D eigenvalue weighted by Gasteiger charge is -2.18. The van der Waals surface area contributed by atoms with Gasteiger partial charge in [0.1, 0.15) is 13.2 Å². The maximum absolute atomic E-state index is 12.9. The van der Waals surface area contributed by atoms with Crippen molar-refractivity contribution in [3.63, 3.8) is 0 Å². The maximum Gasteiger partial charge on any atom is 0.306 e. The van der Waals surface area contributed by atoms with Crippen LogP contribution in [0.5, 0.6) is 0 Å². The maximum atomic E-state index is 12.9. The first-order valence-corrected chi connectivity index (χ1v) is 34.9. The molecular formula is C74H132O6. The Hall–Kier alpha value is -3.15. The van der Waals surface area contributed by atoms with Gasteiger partial charge in [0.25, 0.3) is 0 Å². The molecule has 0 amide bonds. The van der Waals surface area contributed by atoms with Crippen molar-refractivity contribution in [2.45, 2.75) is 367 Å². The molecule has 0 saturated carbocycles. The van der Waals surface area contributed by atoms with Gasteiger partial charge in [0.2, 0.25) is 0 Å². The highest BCUT2D eigenvalue weighted by Crippen LogP contribution is 2.18. The van der Waals surface area contributed by atoms with E-state index in [1.807, 2.05) is 0 Å². The highest BCUT2D eigenvalue weighted by atomic mass is 16.6. The van der Waals surface area contributed by atoms with Gasteiger partial charge in [-0.1, -0.05) is 344 Å². The monoisotopic (exact) mass is 1120 g/mol. The molecule has 0 radical (unpaired) electrons. The molecule has 0 aromatic heterocycles. The molecule has 6 nitrogen and oxygen atoms in total. The molecular weight excluding hydrogens is 985 g/mol. The van der Waals surface area contributed by atoms with Gasteiger partial charge in [0.05, 0.1) is 0 Å². The molecule has 0 saturated heterocycles. The van der Waals surface area contributed by atoms with Gasteiger partial charge in [-0.15, -0.1) is 0 Å². The largest absolute Gasteiger partial charge is 0.462 e. The lowest BCUT2D eigenvalue weighted by atomic mass is 10.0. The second kappa shape index (κ2) is 68.3. The predicted octanol–water partition coefficient (Wildman–Crippen LogP) is 24.1. The van der Waals surface area contributed by atoms with Crippen LogP contribution in [0, 0.1) is 0 Å². The summed E-state index contributed by atoms with van der Waals surface area (Å²) in [5, 5.41) is 0. The highest BCUT2D eigenvalue weighted by molar-refractivity contribution is 5.71. The summed E-state index contributed by atoms with van der Waals surface area (Å²) in [4.78, 5) is 38.5. The molecule has 0 spiro atoms. The lowest BCUT2D eigenvalue weighted by molar-refractivity contribution is -0.167. The number of allylic oxidation sites excluding steroid dienone is 12. The zero-order valence-electron chi connectivity index (χ0n) is 53.3. The molecule has 0 aromatic rings. The third-order valence-electron chi connectivity index (χ3n) is 15.5. The highest BCUT2D eigenvalue weighted by Gasteiger charge is 2.19. The summed E-state index contributed by atoms with van der Waals surface area (Å²) >= 11 is 0. The minimum Gasteiger partial charge on any atom is -0.462 e. The summed E-state index contributed by atoms with van der Waals surface area (Å²) < 4.78 is 17.0. The SMILES string of the molecule is CC/C=C\C/C=C\C/C=C\C/C=C\C/C=C\C/C=C\CCCCC(=O)OC(COC(=O)CCCCCCCCCCCCCCCCCCCCC)COC(=O)CCCCCCCCCCCCCCCCCCCCCCCC. The molecule has 0 rings (SSSR count). The number of ether oxygens (including phenoxy) is 3. The first kappa shape index (κ1) is 76.9. The van der Waals surface area contributed by atoms with Crippen LogP contribution in [-0.2, 0) is 28.6 Å². The third-order valence-corrected chi connectivity index (χ3v) is 15.5. The standard InChI is InChI=1S/C74H132O6/c1-4-7-10-13-16-19-22-25-28-31-34-36-38-40-43-46-49-52-55-58-61-64-67-73(76)79-70-71(69-78-72(75)66-63-60-57-54-51-48-45-42-39-33-30-27-24-21-18-15-12-9-6-3)80-74(77)68-65-62-59-56-53-50-47-44-41-37-35-32-29-26-23-20-17-14-11-8-5-2/h8,11,17,20,26,29,35,37,44,47,53,56,71H,4-7,9-10,12-16,18-19,21-25,27-28,30-34,36,38-43,45-46,48-52,54-55,57-70H2,1-3H3/b11-8-,20-17-,29-26-,37-35-,47-44-,56-53-. The predicted molar refractivity (Wildman–Crippen MR) is 348 cm³/mol. The van der Waals surface area contributed by atoms with E-state index in [2.05, 4.69) is 93.7 Å². The van der Waals surface area contributed by atoms with Gasteiger partial charge < -0.3 is 14.2 Å². The van der Waals surface area contributed by atoms with E-state index in [0.717, 1.165) is 89.9 Å². The van der Waals surface area contributed by atoms with Crippen molar-refractivity contribution < 1.29 is 28.6 Å². The Morgan fingerprint density at radius 3 is 0.762 bits per heavy atom. The molecule has 0 fully saturated rings. The molecule has 1 atom stereocenters. The van der Waals surface area contributed by atoms with Crippen LogP contribution in [-0.4, -0.2) is 37.2 Å². The number of carbonyl (C=O) groups is 3. The van der Waals surface area contributed by atoms with Gasteiger partial charge in [-0.2, -0.15) is 0 Å². The van der Waals surface area contributed by atoms with Crippen LogP contribution in [0.3, 0.4) is 0 Å². The molecule has 0 heterocycles. The summed E-state index contributed by atoms with van der Waals surface area (Å²) in [5.41, 5.74) is 0. The average Bonchev–Trinajstić information content (AvgIpc) is 3.46. The second-order valence-electron chi connectivity index (χ2n) is 23.4. The Bertz CT molecular complexity index is 1470. The van der Waals surface area contributed by atoms with Crippen LogP contribution in [0.2, 0.25) is 0 Å². The van der Waals surface area contributed by atoms with E-state index in [1.165, 1.54) is 225 Å². The van der Waals surface area contributed by atoms with Crippen LogP contribution >= 0.6 is 0 Å². The number of carbonyl (C=O) groups excluding carboxylic acids is 3. The molecule has 0 aromatic carbocycles. The van der Waals surface area contributed by atoms with Crippen LogP contribution in [0.15, 0.2) is 72.9 Å². The Balaban J connectivity index is 4.40. The van der Waals surface area contributed by atoms with E-state index in [0.29, 0.717) is 19.3 Å². The summed E-state index contributed by atoms with van der Waals surface area (Å²) in [5.74, 6) is -0.908. The minimum atomic E-state index is -0.798. The molecule has 6 heteroatoms. The van der Waals surface area contributed by atoms with E-state index in [1.54, 1.807) is 0 Å². The molecule has 0 aliphatic rings. The van der Waals surface area contributed by atoms with E-state index in [9.17, 15) is 14.4 Å². The fraction of sp³-hybridized carbons (Fsp3) is 0.797. The van der Waals surface area contributed by atoms with Crippen molar-refractivity contribution in [2.75, 3.05) is 13.2 Å². The average molecular weight is 1120 g/mol. The van der Waals surface area contributed by atoms with Crippen molar-refractivity contribution in [1.29, 1.82) is 0 Å². The molecule has 464 valence electrons. The summed E-state index contributed by atoms with van der Waals surface area (Å²) in [7, 11) is 0. The van der Waals surface area contributed by atoms with Gasteiger partial charge in [0.15, 0.2) is 6.10 Å². The van der Waals surface area contributed by atoms with Crippen LogP contribution in [0.4, 0.5) is 0 Å². The van der Waals surface area contributed by atoms with E-state index in [4.69, 9.17) is 14.2 Å². The molecule has 0 aliphatic carbocycles. The summed E-state index contributed by atoms with van der Waals surface area (Å²) in [6.07, 6.45) is 89.3. The van der Waals surface area contributed by atoms with Gasteiger partial charge in [0, 0.05) is 19.3 Å². The fourth-order valence-corrected chi connectivity index (χ4v) is 10.3. The number of hydrogen-bond acceptors (Lipinski definition) is 6. The van der Waals surface area contributed by atoms with Crippen LogP contribution < -0.4 is 0 Å².